The number of aromatic nitrogens is 1. The molecule has 0 saturated heterocycles. The number of rotatable bonds is 0. The van der Waals surface area contributed by atoms with Crippen molar-refractivity contribution >= 4 is 0 Å². The van der Waals surface area contributed by atoms with Gasteiger partial charge in [-0.3, -0.25) is 0 Å². The summed E-state index contributed by atoms with van der Waals surface area (Å²) in [7, 11) is 0. The number of aryl methyl sites for hydroxylation is 1. The van der Waals surface area contributed by atoms with Crippen LogP contribution in [0.1, 0.15) is 5.56 Å². The Morgan fingerprint density at radius 1 is 1.62 bits per heavy atom. The molecule has 1 aromatic heterocycles. The predicted molar refractivity (Wildman–Crippen MR) is 27.9 cm³/mol. The summed E-state index contributed by atoms with van der Waals surface area (Å²) < 4.78 is 12.1. The van der Waals surface area contributed by atoms with Gasteiger partial charge in [0.15, 0.2) is 0 Å². The van der Waals surface area contributed by atoms with Crippen LogP contribution in [-0.4, -0.2) is 0 Å². The third kappa shape index (κ3) is 1.03. The highest BCUT2D eigenvalue weighted by atomic mass is 19.2. The highest BCUT2D eigenvalue weighted by Gasteiger charge is 1.93. The first-order valence-corrected chi connectivity index (χ1v) is 2.43. The maximum Gasteiger partial charge on any atom is 0.221 e. The summed E-state index contributed by atoms with van der Waals surface area (Å²) in [5.74, 6) is 0. The van der Waals surface area contributed by atoms with Crippen molar-refractivity contribution in [3.63, 3.8) is 0 Å². The molecule has 1 nitrogen and oxygen atoms in total. The maximum absolute atomic E-state index is 12.1. The fourth-order valence-corrected chi connectivity index (χ4v) is 0.558. The van der Waals surface area contributed by atoms with Crippen molar-refractivity contribution in [2.75, 3.05) is 0 Å². The molecular formula is C6H7FN+. The lowest BCUT2D eigenvalue weighted by atomic mass is 10.3. The monoisotopic (exact) mass is 112 g/mol. The summed E-state index contributed by atoms with van der Waals surface area (Å²) >= 11 is 0. The van der Waals surface area contributed by atoms with Crippen LogP contribution < -0.4 is 4.79 Å². The molecule has 0 aliphatic carbocycles. The van der Waals surface area contributed by atoms with Crippen LogP contribution in [-0.2, 0) is 0 Å². The summed E-state index contributed by atoms with van der Waals surface area (Å²) in [5, 5.41) is 0. The van der Waals surface area contributed by atoms with Gasteiger partial charge in [0.1, 0.15) is 0 Å². The predicted octanol–water partition coefficient (Wildman–Crippen LogP) is 1.02. The van der Waals surface area contributed by atoms with Crippen LogP contribution in [0.25, 0.3) is 0 Å². The van der Waals surface area contributed by atoms with Gasteiger partial charge in [0, 0.05) is 16.4 Å². The molecule has 0 bridgehead atoms. The van der Waals surface area contributed by atoms with E-state index in [1.807, 2.05) is 13.0 Å². The van der Waals surface area contributed by atoms with Gasteiger partial charge in [0.25, 0.3) is 0 Å². The van der Waals surface area contributed by atoms with E-state index in [-0.39, 0.29) is 0 Å². The first-order valence-electron chi connectivity index (χ1n) is 2.43. The van der Waals surface area contributed by atoms with Gasteiger partial charge < -0.3 is 0 Å². The smallest absolute Gasteiger partial charge is 0.0471 e. The average Bonchev–Trinajstić information content (AvgIpc) is 1.64. The second-order valence-corrected chi connectivity index (χ2v) is 1.73. The van der Waals surface area contributed by atoms with Crippen LogP contribution in [0.4, 0.5) is 4.48 Å². The average molecular weight is 112 g/mol. The Morgan fingerprint density at radius 2 is 2.38 bits per heavy atom. The molecule has 1 rings (SSSR count). The molecule has 0 N–H and O–H groups in total. The molecule has 8 heavy (non-hydrogen) atoms. The molecule has 0 aromatic carbocycles. The molecule has 0 unspecified atom stereocenters. The van der Waals surface area contributed by atoms with Gasteiger partial charge in [-0.05, 0) is 13.0 Å². The summed E-state index contributed by atoms with van der Waals surface area (Å²) in [6.07, 6.45) is 2.77. The van der Waals surface area contributed by atoms with Crippen molar-refractivity contribution in [2.45, 2.75) is 6.92 Å². The van der Waals surface area contributed by atoms with E-state index in [4.69, 9.17) is 0 Å². The second-order valence-electron chi connectivity index (χ2n) is 1.73. The van der Waals surface area contributed by atoms with E-state index in [0.717, 1.165) is 5.56 Å². The normalized spacial score (nSPS) is 9.25. The van der Waals surface area contributed by atoms with Gasteiger partial charge in [0.05, 0.1) is 4.48 Å². The van der Waals surface area contributed by atoms with E-state index in [1.165, 1.54) is 12.4 Å². The van der Waals surface area contributed by atoms with Gasteiger partial charge in [-0.15, -0.1) is 0 Å². The van der Waals surface area contributed by atoms with Crippen molar-refractivity contribution < 1.29 is 9.27 Å². The molecule has 0 aliphatic rings. The number of halogens is 1. The minimum Gasteiger partial charge on any atom is -0.0471 e. The van der Waals surface area contributed by atoms with Gasteiger partial charge in [-0.25, -0.2) is 0 Å². The summed E-state index contributed by atoms with van der Waals surface area (Å²) in [5.41, 5.74) is 0.926. The topological polar surface area (TPSA) is 3.88 Å². The highest BCUT2D eigenvalue weighted by Crippen LogP contribution is 1.87. The highest BCUT2D eigenvalue weighted by molar-refractivity contribution is 5.00. The van der Waals surface area contributed by atoms with Crippen molar-refractivity contribution in [3.05, 3.63) is 30.1 Å². The Labute approximate surface area is 47.3 Å². The van der Waals surface area contributed by atoms with Crippen molar-refractivity contribution in [1.82, 2.24) is 0 Å². The Kier molecular flexibility index (Phi) is 1.24. The molecule has 0 amide bonds. The molecule has 42 valence electrons. The zero-order valence-corrected chi connectivity index (χ0v) is 4.63. The lowest BCUT2D eigenvalue weighted by molar-refractivity contribution is -0.844. The summed E-state index contributed by atoms with van der Waals surface area (Å²) in [6, 6.07) is 3.51. The van der Waals surface area contributed by atoms with Gasteiger partial charge in [0.2, 0.25) is 12.4 Å². The first kappa shape index (κ1) is 5.22. The van der Waals surface area contributed by atoms with Crippen LogP contribution in [0.3, 0.4) is 0 Å². The van der Waals surface area contributed by atoms with E-state index >= 15 is 0 Å². The zero-order valence-electron chi connectivity index (χ0n) is 4.63. The number of hydrogen-bond donors (Lipinski definition) is 0. The summed E-state index contributed by atoms with van der Waals surface area (Å²) in [6.45, 7) is 1.84. The fraction of sp³-hybridized carbons (Fsp3) is 0.167. The Balaban J connectivity index is 3.08. The van der Waals surface area contributed by atoms with Gasteiger partial charge >= 0.3 is 0 Å². The second kappa shape index (κ2) is 1.90. The van der Waals surface area contributed by atoms with Crippen LogP contribution >= 0.6 is 0 Å². The minimum absolute atomic E-state index is 0.537. The van der Waals surface area contributed by atoms with Crippen molar-refractivity contribution in [1.29, 1.82) is 0 Å². The van der Waals surface area contributed by atoms with Crippen molar-refractivity contribution in [3.8, 4) is 0 Å². The van der Waals surface area contributed by atoms with Crippen molar-refractivity contribution in [2.24, 2.45) is 0 Å². The molecule has 0 aliphatic heterocycles. The van der Waals surface area contributed by atoms with Gasteiger partial charge in [-0.2, -0.15) is 0 Å². The lowest BCUT2D eigenvalue weighted by Crippen LogP contribution is -2.20. The van der Waals surface area contributed by atoms with Crippen LogP contribution in [0.15, 0.2) is 24.5 Å². The number of nitrogens with zero attached hydrogens (tertiary/aromatic N) is 1. The molecule has 1 heterocycles. The van der Waals surface area contributed by atoms with Crippen LogP contribution in [0, 0.1) is 6.92 Å². The number of hydrogen-bond acceptors (Lipinski definition) is 0. The zero-order chi connectivity index (χ0) is 5.98. The van der Waals surface area contributed by atoms with Crippen LogP contribution in [0.2, 0.25) is 0 Å². The van der Waals surface area contributed by atoms with E-state index in [1.54, 1.807) is 6.07 Å². The molecule has 0 radical (unpaired) electrons. The molecule has 2 heteroatoms. The molecule has 0 saturated carbocycles. The van der Waals surface area contributed by atoms with Crippen LogP contribution in [0.5, 0.6) is 0 Å². The SMILES string of the molecule is Cc1ccc[n+](F)c1. The van der Waals surface area contributed by atoms with E-state index in [2.05, 4.69) is 0 Å². The Bertz CT molecular complexity index is 168. The minimum atomic E-state index is 0.537. The number of pyridine rings is 1. The first-order chi connectivity index (χ1) is 3.79. The molecule has 0 spiro atoms. The Hall–Kier alpha value is -0.920. The third-order valence-electron chi connectivity index (χ3n) is 0.915. The van der Waals surface area contributed by atoms with E-state index in [9.17, 15) is 4.48 Å². The molecule has 0 fully saturated rings. The fourth-order valence-electron chi connectivity index (χ4n) is 0.558. The summed E-state index contributed by atoms with van der Waals surface area (Å²) in [4.78, 5) is 0.537. The molecule has 1 aromatic rings. The third-order valence-corrected chi connectivity index (χ3v) is 0.915. The largest absolute Gasteiger partial charge is 0.221 e. The lowest BCUT2D eigenvalue weighted by Gasteiger charge is -1.79. The van der Waals surface area contributed by atoms with E-state index < -0.39 is 0 Å². The molecule has 0 atom stereocenters. The quantitative estimate of drug-likeness (QED) is 0.471. The van der Waals surface area contributed by atoms with Gasteiger partial charge in [-0.1, -0.05) is 0 Å². The Morgan fingerprint density at radius 3 is 2.75 bits per heavy atom. The maximum atomic E-state index is 12.1. The standard InChI is InChI=1S/C6H7FN/c1-6-3-2-4-8(7)5-6/h2-5H,1H3/q+1. The molecular weight excluding hydrogens is 105 g/mol. The van der Waals surface area contributed by atoms with E-state index in [0.29, 0.717) is 4.79 Å².